The molecule has 0 spiro atoms. The molecule has 2 N–H and O–H groups in total. The van der Waals surface area contributed by atoms with Crippen LogP contribution in [0.25, 0.3) is 0 Å². The SMILES string of the molecule is O=C(NNC(=O)c1ccccc1SCc1cccs1)c1cccc([N+](=O)[O-])c1. The summed E-state index contributed by atoms with van der Waals surface area (Å²) in [5, 5.41) is 12.8. The molecule has 2 amide bonds. The second-order valence-corrected chi connectivity index (χ2v) is 7.63. The van der Waals surface area contributed by atoms with Crippen LogP contribution in [-0.4, -0.2) is 16.7 Å². The number of hydrogen-bond acceptors (Lipinski definition) is 6. The van der Waals surface area contributed by atoms with E-state index < -0.39 is 16.7 Å². The Kier molecular flexibility index (Phi) is 6.41. The van der Waals surface area contributed by atoms with Gasteiger partial charge < -0.3 is 0 Å². The van der Waals surface area contributed by atoms with Gasteiger partial charge >= 0.3 is 0 Å². The van der Waals surface area contributed by atoms with Gasteiger partial charge in [-0.3, -0.25) is 30.6 Å². The van der Waals surface area contributed by atoms with Gasteiger partial charge in [0.05, 0.1) is 10.5 Å². The highest BCUT2D eigenvalue weighted by atomic mass is 32.2. The Morgan fingerprint density at radius 2 is 1.79 bits per heavy atom. The van der Waals surface area contributed by atoms with E-state index in [9.17, 15) is 19.7 Å². The fourth-order valence-electron chi connectivity index (χ4n) is 2.34. The molecule has 1 heterocycles. The van der Waals surface area contributed by atoms with E-state index in [-0.39, 0.29) is 11.3 Å². The summed E-state index contributed by atoms with van der Waals surface area (Å²) >= 11 is 3.18. The minimum Gasteiger partial charge on any atom is -0.267 e. The predicted octanol–water partition coefficient (Wildman–Crippen LogP) is 4.02. The summed E-state index contributed by atoms with van der Waals surface area (Å²) < 4.78 is 0. The highest BCUT2D eigenvalue weighted by Crippen LogP contribution is 2.27. The first-order valence-electron chi connectivity index (χ1n) is 8.14. The Morgan fingerprint density at radius 1 is 1.00 bits per heavy atom. The lowest BCUT2D eigenvalue weighted by molar-refractivity contribution is -0.384. The first kappa shape index (κ1) is 19.6. The molecule has 3 aromatic rings. The largest absolute Gasteiger partial charge is 0.270 e. The van der Waals surface area contributed by atoms with Gasteiger partial charge in [0.1, 0.15) is 0 Å². The molecule has 0 aliphatic rings. The minimum absolute atomic E-state index is 0.0786. The Labute approximate surface area is 168 Å². The van der Waals surface area contributed by atoms with Gasteiger partial charge in [-0.1, -0.05) is 24.3 Å². The maximum absolute atomic E-state index is 12.5. The number of non-ortho nitro benzene ring substituents is 1. The van der Waals surface area contributed by atoms with E-state index in [2.05, 4.69) is 10.9 Å². The number of thiophene rings is 1. The maximum Gasteiger partial charge on any atom is 0.270 e. The first-order chi connectivity index (χ1) is 13.5. The molecule has 142 valence electrons. The number of nitro groups is 1. The molecule has 2 aromatic carbocycles. The van der Waals surface area contributed by atoms with E-state index in [0.717, 1.165) is 16.7 Å². The van der Waals surface area contributed by atoms with Gasteiger partial charge in [0.2, 0.25) is 0 Å². The molecule has 0 fully saturated rings. The second-order valence-electron chi connectivity index (χ2n) is 5.58. The number of carbonyl (C=O) groups excluding carboxylic acids is 2. The third-order valence-corrected chi connectivity index (χ3v) is 5.87. The number of thioether (sulfide) groups is 1. The van der Waals surface area contributed by atoms with Crippen molar-refractivity contribution in [1.29, 1.82) is 0 Å². The minimum atomic E-state index is -0.638. The summed E-state index contributed by atoms with van der Waals surface area (Å²) in [6.07, 6.45) is 0. The zero-order valence-corrected chi connectivity index (χ0v) is 16.1. The fraction of sp³-hybridized carbons (Fsp3) is 0.0526. The molecule has 1 aromatic heterocycles. The van der Waals surface area contributed by atoms with Gasteiger partial charge in [0.15, 0.2) is 0 Å². The molecular formula is C19H15N3O4S2. The maximum atomic E-state index is 12.5. The Bertz CT molecular complexity index is 1010. The summed E-state index contributed by atoms with van der Waals surface area (Å²) in [6.45, 7) is 0. The lowest BCUT2D eigenvalue weighted by atomic mass is 10.2. The van der Waals surface area contributed by atoms with Crippen molar-refractivity contribution < 1.29 is 14.5 Å². The number of hydrazine groups is 1. The topological polar surface area (TPSA) is 101 Å². The van der Waals surface area contributed by atoms with Crippen LogP contribution in [0.2, 0.25) is 0 Å². The lowest BCUT2D eigenvalue weighted by Crippen LogP contribution is -2.41. The van der Waals surface area contributed by atoms with Crippen LogP contribution in [0.5, 0.6) is 0 Å². The van der Waals surface area contributed by atoms with Gasteiger partial charge in [0, 0.05) is 33.2 Å². The number of nitrogens with one attached hydrogen (secondary N) is 2. The van der Waals surface area contributed by atoms with Crippen LogP contribution in [0.3, 0.4) is 0 Å². The van der Waals surface area contributed by atoms with Gasteiger partial charge in [0.25, 0.3) is 17.5 Å². The molecule has 0 bridgehead atoms. The van der Waals surface area contributed by atoms with Crippen molar-refractivity contribution in [2.75, 3.05) is 0 Å². The van der Waals surface area contributed by atoms with Crippen LogP contribution >= 0.6 is 23.1 Å². The van der Waals surface area contributed by atoms with Crippen LogP contribution in [0, 0.1) is 10.1 Å². The van der Waals surface area contributed by atoms with E-state index in [0.29, 0.717) is 5.56 Å². The van der Waals surface area contributed by atoms with Crippen molar-refractivity contribution in [1.82, 2.24) is 10.9 Å². The standard InChI is InChI=1S/C19H15N3O4S2/c23-18(13-5-3-6-14(11-13)22(25)26)20-21-19(24)16-8-1-2-9-17(16)28-12-15-7-4-10-27-15/h1-11H,12H2,(H,20,23)(H,21,24). The van der Waals surface area contributed by atoms with Crippen molar-refractivity contribution in [2.24, 2.45) is 0 Å². The van der Waals surface area contributed by atoms with Crippen molar-refractivity contribution in [3.05, 3.63) is 92.2 Å². The molecule has 0 aliphatic heterocycles. The highest BCUT2D eigenvalue weighted by molar-refractivity contribution is 7.98. The van der Waals surface area contributed by atoms with Crippen LogP contribution in [0.15, 0.2) is 70.9 Å². The first-order valence-corrected chi connectivity index (χ1v) is 10.0. The Hall–Kier alpha value is -3.17. The molecule has 28 heavy (non-hydrogen) atoms. The van der Waals surface area contributed by atoms with E-state index >= 15 is 0 Å². The van der Waals surface area contributed by atoms with Crippen molar-refractivity contribution in [3.8, 4) is 0 Å². The molecule has 0 saturated carbocycles. The molecule has 0 saturated heterocycles. The molecular weight excluding hydrogens is 398 g/mol. The number of rotatable bonds is 6. The van der Waals surface area contributed by atoms with Gasteiger partial charge in [-0.15, -0.1) is 23.1 Å². The molecule has 9 heteroatoms. The smallest absolute Gasteiger partial charge is 0.267 e. The fourth-order valence-corrected chi connectivity index (χ4v) is 4.16. The average Bonchev–Trinajstić information content (AvgIpc) is 3.24. The Morgan fingerprint density at radius 3 is 2.54 bits per heavy atom. The van der Waals surface area contributed by atoms with Gasteiger partial charge in [-0.2, -0.15) is 0 Å². The van der Waals surface area contributed by atoms with Crippen LogP contribution in [0.1, 0.15) is 25.6 Å². The third kappa shape index (κ3) is 4.96. The van der Waals surface area contributed by atoms with E-state index in [1.54, 1.807) is 23.5 Å². The Balaban J connectivity index is 1.64. The quantitative estimate of drug-likeness (QED) is 0.361. The van der Waals surface area contributed by atoms with Crippen LogP contribution in [-0.2, 0) is 5.75 Å². The predicted molar refractivity (Wildman–Crippen MR) is 108 cm³/mol. The van der Waals surface area contributed by atoms with Crippen molar-refractivity contribution in [2.45, 2.75) is 10.6 Å². The third-order valence-electron chi connectivity index (χ3n) is 3.69. The normalized spacial score (nSPS) is 10.3. The molecule has 0 aliphatic carbocycles. The second kappa shape index (κ2) is 9.16. The van der Waals surface area contributed by atoms with E-state index in [4.69, 9.17) is 0 Å². The number of carbonyl (C=O) groups is 2. The number of hydrogen-bond donors (Lipinski definition) is 2. The van der Waals surface area contributed by atoms with Gasteiger partial charge in [-0.25, -0.2) is 0 Å². The number of benzene rings is 2. The summed E-state index contributed by atoms with van der Waals surface area (Å²) in [4.78, 5) is 36.9. The summed E-state index contributed by atoms with van der Waals surface area (Å²) in [5.41, 5.74) is 4.96. The summed E-state index contributed by atoms with van der Waals surface area (Å²) in [6, 6.07) is 16.4. The number of nitro benzene ring substituents is 1. The number of amides is 2. The summed E-state index contributed by atoms with van der Waals surface area (Å²) in [5.74, 6) is -0.365. The molecule has 0 atom stereocenters. The van der Waals surface area contributed by atoms with E-state index in [1.807, 2.05) is 29.6 Å². The zero-order valence-electron chi connectivity index (χ0n) is 14.5. The van der Waals surface area contributed by atoms with Crippen LogP contribution in [0.4, 0.5) is 5.69 Å². The average molecular weight is 413 g/mol. The zero-order chi connectivity index (χ0) is 19.9. The van der Waals surface area contributed by atoms with Crippen molar-refractivity contribution in [3.63, 3.8) is 0 Å². The molecule has 0 radical (unpaired) electrons. The van der Waals surface area contributed by atoms with Crippen LogP contribution < -0.4 is 10.9 Å². The number of nitrogens with zero attached hydrogens (tertiary/aromatic N) is 1. The molecule has 3 rings (SSSR count). The lowest BCUT2D eigenvalue weighted by Gasteiger charge is -2.10. The van der Waals surface area contributed by atoms with E-state index in [1.165, 1.54) is 34.8 Å². The molecule has 0 unspecified atom stereocenters. The molecule has 7 nitrogen and oxygen atoms in total. The summed E-state index contributed by atoms with van der Waals surface area (Å²) in [7, 11) is 0. The monoisotopic (exact) mass is 413 g/mol. The van der Waals surface area contributed by atoms with Gasteiger partial charge in [-0.05, 0) is 29.6 Å². The highest BCUT2D eigenvalue weighted by Gasteiger charge is 2.15. The van der Waals surface area contributed by atoms with Crippen molar-refractivity contribution >= 4 is 40.6 Å².